The van der Waals surface area contributed by atoms with Crippen LogP contribution < -0.4 is 4.74 Å². The molecule has 0 aliphatic heterocycles. The van der Waals surface area contributed by atoms with E-state index >= 15 is 0 Å². The fraction of sp³-hybridized carbons (Fsp3) is 0.429. The van der Waals surface area contributed by atoms with Crippen molar-refractivity contribution in [3.63, 3.8) is 0 Å². The van der Waals surface area contributed by atoms with Crippen LogP contribution in [0.15, 0.2) is 59.9 Å². The molecule has 1 N–H and O–H groups in total. The van der Waals surface area contributed by atoms with Crippen LogP contribution in [0.5, 0.6) is 5.75 Å². The summed E-state index contributed by atoms with van der Waals surface area (Å²) in [5, 5.41) is 13.3. The third-order valence-electron chi connectivity index (χ3n) is 6.21. The second-order valence-corrected chi connectivity index (χ2v) is 8.66. The zero-order chi connectivity index (χ0) is 24.2. The van der Waals surface area contributed by atoms with Gasteiger partial charge < -0.3 is 19.4 Å². The van der Waals surface area contributed by atoms with Crippen molar-refractivity contribution >= 4 is 17.8 Å². The quantitative estimate of drug-likeness (QED) is 0.108. The number of carbonyl (C=O) groups is 1. The van der Waals surface area contributed by atoms with Gasteiger partial charge in [-0.1, -0.05) is 60.8 Å². The van der Waals surface area contributed by atoms with Gasteiger partial charge in [-0.2, -0.15) is 0 Å². The van der Waals surface area contributed by atoms with E-state index in [2.05, 4.69) is 22.1 Å². The van der Waals surface area contributed by atoms with Gasteiger partial charge in [0.1, 0.15) is 25.0 Å². The van der Waals surface area contributed by atoms with Gasteiger partial charge >= 0.3 is 5.97 Å². The third-order valence-corrected chi connectivity index (χ3v) is 6.21. The fourth-order valence-electron chi connectivity index (χ4n) is 4.35. The van der Waals surface area contributed by atoms with Gasteiger partial charge in [-0.05, 0) is 66.3 Å². The number of methoxy groups -OCH3 is 1. The number of hydrogen-bond donors (Lipinski definition) is 1. The number of carboxylic acids is 1. The van der Waals surface area contributed by atoms with Crippen molar-refractivity contribution in [2.75, 3.05) is 14.2 Å². The van der Waals surface area contributed by atoms with Gasteiger partial charge in [-0.3, -0.25) is 0 Å². The van der Waals surface area contributed by atoms with E-state index in [0.717, 1.165) is 23.7 Å². The van der Waals surface area contributed by atoms with Crippen LogP contribution in [0.2, 0.25) is 0 Å². The Morgan fingerprint density at radius 3 is 2.71 bits per heavy atom. The highest BCUT2D eigenvalue weighted by Gasteiger charge is 2.37. The molecule has 0 saturated heterocycles. The van der Waals surface area contributed by atoms with Crippen LogP contribution in [0.1, 0.15) is 67.6 Å². The maximum absolute atomic E-state index is 11.6. The molecular weight excluding hydrogens is 430 g/mol. The van der Waals surface area contributed by atoms with E-state index in [4.69, 9.17) is 9.47 Å². The Kier molecular flexibility index (Phi) is 10.0. The minimum atomic E-state index is -1.03. The van der Waals surface area contributed by atoms with E-state index in [-0.39, 0.29) is 12.2 Å². The van der Waals surface area contributed by atoms with Gasteiger partial charge in [0.2, 0.25) is 0 Å². The van der Waals surface area contributed by atoms with E-state index < -0.39 is 5.97 Å². The molecule has 0 bridgehead atoms. The number of aliphatic carboxylic acids is 1. The highest BCUT2D eigenvalue weighted by atomic mass is 16.6. The number of nitrogens with zero attached hydrogens (tertiary/aromatic N) is 1. The molecule has 2 aromatic carbocycles. The molecule has 1 fully saturated rings. The summed E-state index contributed by atoms with van der Waals surface area (Å²) in [6.45, 7) is 0.289. The molecule has 6 nitrogen and oxygen atoms in total. The Morgan fingerprint density at radius 2 is 1.91 bits per heavy atom. The lowest BCUT2D eigenvalue weighted by Crippen LogP contribution is -2.06. The molecule has 2 aromatic rings. The van der Waals surface area contributed by atoms with Gasteiger partial charge in [0, 0.05) is 6.21 Å². The SMILES string of the molecule is CO/C=C(/C(=O)O)c1ccccc1COc1cccc([C@@H]2C[C@H]2CCCCCCC=NOC)c1. The Hall–Kier alpha value is -3.28. The molecule has 2 atom stereocenters. The van der Waals surface area contributed by atoms with Crippen LogP contribution in [0.25, 0.3) is 5.57 Å². The van der Waals surface area contributed by atoms with Crippen LogP contribution in [0.4, 0.5) is 0 Å². The number of oxime groups is 1. The van der Waals surface area contributed by atoms with E-state index in [1.165, 1.54) is 57.5 Å². The minimum Gasteiger partial charge on any atom is -0.503 e. The van der Waals surface area contributed by atoms with Crippen molar-refractivity contribution < 1.29 is 24.2 Å². The summed E-state index contributed by atoms with van der Waals surface area (Å²) >= 11 is 0. The van der Waals surface area contributed by atoms with E-state index in [1.807, 2.05) is 36.5 Å². The third kappa shape index (κ3) is 7.65. The normalized spacial score (nSPS) is 17.5. The maximum Gasteiger partial charge on any atom is 0.339 e. The summed E-state index contributed by atoms with van der Waals surface area (Å²) in [7, 11) is 3.01. The van der Waals surface area contributed by atoms with Crippen molar-refractivity contribution in [3.8, 4) is 5.75 Å². The Morgan fingerprint density at radius 1 is 1.09 bits per heavy atom. The molecule has 0 amide bonds. The molecule has 1 aliphatic carbocycles. The number of benzene rings is 2. The molecule has 6 heteroatoms. The van der Waals surface area contributed by atoms with E-state index in [9.17, 15) is 9.90 Å². The van der Waals surface area contributed by atoms with Crippen LogP contribution in [0.3, 0.4) is 0 Å². The van der Waals surface area contributed by atoms with Crippen molar-refractivity contribution in [3.05, 3.63) is 71.5 Å². The molecule has 0 unspecified atom stereocenters. The highest BCUT2D eigenvalue weighted by molar-refractivity contribution is 6.15. The largest absolute Gasteiger partial charge is 0.503 e. The van der Waals surface area contributed by atoms with E-state index in [0.29, 0.717) is 11.5 Å². The minimum absolute atomic E-state index is 0.111. The second kappa shape index (κ2) is 13.4. The lowest BCUT2D eigenvalue weighted by molar-refractivity contribution is -0.130. The Bertz CT molecular complexity index is 984. The Balaban J connectivity index is 1.49. The summed E-state index contributed by atoms with van der Waals surface area (Å²) in [6, 6.07) is 15.7. The molecule has 3 rings (SSSR count). The number of ether oxygens (including phenoxy) is 2. The summed E-state index contributed by atoms with van der Waals surface area (Å²) in [4.78, 5) is 16.3. The monoisotopic (exact) mass is 465 g/mol. The van der Waals surface area contributed by atoms with Crippen molar-refractivity contribution in [2.45, 2.75) is 57.5 Å². The van der Waals surface area contributed by atoms with Crippen molar-refractivity contribution in [1.29, 1.82) is 0 Å². The summed E-state index contributed by atoms with van der Waals surface area (Å²) in [6.07, 6.45) is 11.5. The first-order valence-corrected chi connectivity index (χ1v) is 12.0. The van der Waals surface area contributed by atoms with E-state index in [1.54, 1.807) is 13.2 Å². The number of unbranched alkanes of at least 4 members (excludes halogenated alkanes) is 4. The fourth-order valence-corrected chi connectivity index (χ4v) is 4.35. The highest BCUT2D eigenvalue weighted by Crippen LogP contribution is 2.50. The van der Waals surface area contributed by atoms with Gasteiger partial charge in [0.25, 0.3) is 0 Å². The van der Waals surface area contributed by atoms with Gasteiger partial charge in [0.05, 0.1) is 13.4 Å². The second-order valence-electron chi connectivity index (χ2n) is 8.66. The van der Waals surface area contributed by atoms with Gasteiger partial charge in [-0.15, -0.1) is 0 Å². The first-order chi connectivity index (χ1) is 16.6. The summed E-state index contributed by atoms with van der Waals surface area (Å²) in [5.74, 6) is 1.16. The predicted molar refractivity (Wildman–Crippen MR) is 134 cm³/mol. The van der Waals surface area contributed by atoms with Crippen molar-refractivity contribution in [1.82, 2.24) is 0 Å². The van der Waals surface area contributed by atoms with Gasteiger partial charge in [-0.25, -0.2) is 4.79 Å². The summed E-state index contributed by atoms with van der Waals surface area (Å²) < 4.78 is 11.0. The van der Waals surface area contributed by atoms with Gasteiger partial charge in [0.15, 0.2) is 0 Å². The average molecular weight is 466 g/mol. The molecular formula is C28H35NO5. The molecule has 34 heavy (non-hydrogen) atoms. The van der Waals surface area contributed by atoms with Crippen LogP contribution in [0, 0.1) is 5.92 Å². The molecule has 0 aromatic heterocycles. The molecule has 0 radical (unpaired) electrons. The Labute approximate surface area is 202 Å². The van der Waals surface area contributed by atoms with Crippen LogP contribution in [-0.2, 0) is 21.0 Å². The molecule has 182 valence electrons. The predicted octanol–water partition coefficient (Wildman–Crippen LogP) is 6.41. The van der Waals surface area contributed by atoms with Crippen LogP contribution in [-0.4, -0.2) is 31.5 Å². The molecule has 0 spiro atoms. The zero-order valence-electron chi connectivity index (χ0n) is 20.1. The first-order valence-electron chi connectivity index (χ1n) is 12.0. The molecule has 1 aliphatic rings. The molecule has 1 saturated carbocycles. The number of rotatable bonds is 15. The van der Waals surface area contributed by atoms with Crippen LogP contribution >= 0.6 is 0 Å². The zero-order valence-corrected chi connectivity index (χ0v) is 20.1. The smallest absolute Gasteiger partial charge is 0.339 e. The first kappa shape index (κ1) is 25.3. The number of carboxylic acid groups (broad SMARTS) is 1. The molecule has 0 heterocycles. The number of hydrogen-bond acceptors (Lipinski definition) is 5. The lowest BCUT2D eigenvalue weighted by Gasteiger charge is -2.12. The topological polar surface area (TPSA) is 77.4 Å². The maximum atomic E-state index is 11.6. The standard InChI is InChI=1S/C28H35NO5/c1-32-20-27(28(30)31)25-15-8-7-12-23(25)19-34-24-14-10-13-21(17-24)26-18-22(26)11-6-4-3-5-9-16-29-33-2/h7-8,10,12-17,20,22,26H,3-6,9,11,18-19H2,1-2H3,(H,30,31)/b27-20+,29-16?/t22-,26+/m1/s1. The van der Waals surface area contributed by atoms with Crippen molar-refractivity contribution in [2.24, 2.45) is 11.1 Å². The lowest BCUT2D eigenvalue weighted by atomic mass is 10.0. The summed E-state index contributed by atoms with van der Waals surface area (Å²) in [5.41, 5.74) is 2.84. The average Bonchev–Trinajstić information content (AvgIpc) is 3.63.